The maximum Gasteiger partial charge on any atom is 0.265 e. The maximum absolute atomic E-state index is 12.6. The van der Waals surface area contributed by atoms with E-state index in [0.717, 1.165) is 0 Å². The lowest BCUT2D eigenvalue weighted by Crippen LogP contribution is -2.25. The van der Waals surface area contributed by atoms with E-state index >= 15 is 0 Å². The molecule has 3 N–H and O–H groups in total. The first-order chi connectivity index (χ1) is 14.1. The molecule has 0 saturated carbocycles. The Bertz CT molecular complexity index is 1030. The van der Waals surface area contributed by atoms with Gasteiger partial charge in [0, 0.05) is 17.8 Å². The first-order valence-electron chi connectivity index (χ1n) is 8.83. The molecule has 0 unspecified atom stereocenters. The van der Waals surface area contributed by atoms with Crippen LogP contribution in [-0.4, -0.2) is 24.3 Å². The van der Waals surface area contributed by atoms with E-state index in [1.54, 1.807) is 60.7 Å². The van der Waals surface area contributed by atoms with E-state index in [9.17, 15) is 14.4 Å². The topological polar surface area (TPSA) is 87.3 Å². The normalized spacial score (nSPS) is 10.1. The smallest absolute Gasteiger partial charge is 0.265 e. The second-order valence-corrected chi connectivity index (χ2v) is 6.95. The molecular formula is C22H19N3O3S. The third-order valence-corrected chi connectivity index (χ3v) is 4.85. The van der Waals surface area contributed by atoms with Crippen molar-refractivity contribution in [2.24, 2.45) is 0 Å². The van der Waals surface area contributed by atoms with Gasteiger partial charge < -0.3 is 16.0 Å². The molecule has 3 amide bonds. The van der Waals surface area contributed by atoms with Gasteiger partial charge in [0.2, 0.25) is 0 Å². The zero-order chi connectivity index (χ0) is 20.6. The Labute approximate surface area is 172 Å². The molecule has 7 heteroatoms. The monoisotopic (exact) mass is 405 g/mol. The summed E-state index contributed by atoms with van der Waals surface area (Å²) in [7, 11) is 0. The van der Waals surface area contributed by atoms with Crippen LogP contribution in [0.1, 0.15) is 30.4 Å². The van der Waals surface area contributed by atoms with E-state index in [2.05, 4.69) is 22.5 Å². The summed E-state index contributed by atoms with van der Waals surface area (Å²) < 4.78 is 0. The van der Waals surface area contributed by atoms with Crippen molar-refractivity contribution in [3.05, 3.63) is 94.7 Å². The molecule has 1 aromatic heterocycles. The number of hydrogen-bond acceptors (Lipinski definition) is 4. The molecule has 6 nitrogen and oxygen atoms in total. The van der Waals surface area contributed by atoms with E-state index in [1.807, 2.05) is 11.4 Å². The van der Waals surface area contributed by atoms with Gasteiger partial charge in [-0.2, -0.15) is 0 Å². The molecule has 0 aliphatic heterocycles. The highest BCUT2D eigenvalue weighted by atomic mass is 32.1. The molecule has 0 radical (unpaired) electrons. The molecule has 0 spiro atoms. The van der Waals surface area contributed by atoms with Gasteiger partial charge in [-0.1, -0.05) is 24.3 Å². The van der Waals surface area contributed by atoms with E-state index < -0.39 is 0 Å². The summed E-state index contributed by atoms with van der Waals surface area (Å²) in [4.78, 5) is 37.5. The Balaban J connectivity index is 1.68. The summed E-state index contributed by atoms with van der Waals surface area (Å²) in [5, 5.41) is 10.1. The van der Waals surface area contributed by atoms with Gasteiger partial charge in [-0.3, -0.25) is 14.4 Å². The Morgan fingerprint density at radius 2 is 1.62 bits per heavy atom. The molecule has 0 saturated heterocycles. The summed E-state index contributed by atoms with van der Waals surface area (Å²) in [6.45, 7) is 3.90. The highest BCUT2D eigenvalue weighted by Crippen LogP contribution is 2.18. The number of thiophene rings is 1. The first-order valence-corrected chi connectivity index (χ1v) is 9.71. The third kappa shape index (κ3) is 5.18. The number of anilines is 2. The molecule has 0 atom stereocenters. The molecule has 0 aliphatic rings. The van der Waals surface area contributed by atoms with E-state index in [-0.39, 0.29) is 17.7 Å². The Morgan fingerprint density at radius 3 is 2.31 bits per heavy atom. The molecule has 2 aromatic carbocycles. The van der Waals surface area contributed by atoms with Crippen molar-refractivity contribution >= 4 is 40.4 Å². The number of hydrogen-bond donors (Lipinski definition) is 3. The Morgan fingerprint density at radius 1 is 0.862 bits per heavy atom. The molecule has 3 rings (SSSR count). The van der Waals surface area contributed by atoms with Crippen LogP contribution in [0.4, 0.5) is 11.4 Å². The maximum atomic E-state index is 12.6. The average Bonchev–Trinajstić information content (AvgIpc) is 3.28. The second-order valence-electron chi connectivity index (χ2n) is 6.01. The fourth-order valence-electron chi connectivity index (χ4n) is 2.55. The molecule has 1 heterocycles. The highest BCUT2D eigenvalue weighted by molar-refractivity contribution is 7.12. The predicted molar refractivity (Wildman–Crippen MR) is 116 cm³/mol. The second kappa shape index (κ2) is 9.48. The Hall–Kier alpha value is -3.71. The van der Waals surface area contributed by atoms with Crippen LogP contribution in [0, 0.1) is 0 Å². The summed E-state index contributed by atoms with van der Waals surface area (Å²) in [5.41, 5.74) is 1.77. The minimum absolute atomic E-state index is 0.198. The zero-order valence-electron chi connectivity index (χ0n) is 15.5. The van der Waals surface area contributed by atoms with Crippen molar-refractivity contribution in [2.75, 3.05) is 17.2 Å². The van der Waals surface area contributed by atoms with Crippen LogP contribution in [0.25, 0.3) is 0 Å². The Kier molecular flexibility index (Phi) is 6.55. The van der Waals surface area contributed by atoms with Gasteiger partial charge in [0.1, 0.15) is 0 Å². The van der Waals surface area contributed by atoms with E-state index in [4.69, 9.17) is 0 Å². The van der Waals surface area contributed by atoms with Gasteiger partial charge in [0.05, 0.1) is 16.1 Å². The largest absolute Gasteiger partial charge is 0.349 e. The van der Waals surface area contributed by atoms with Crippen molar-refractivity contribution in [3.8, 4) is 0 Å². The third-order valence-electron chi connectivity index (χ3n) is 3.98. The number of para-hydroxylation sites is 1. The summed E-state index contributed by atoms with van der Waals surface area (Å²) >= 11 is 1.35. The molecule has 0 fully saturated rings. The molecular weight excluding hydrogens is 386 g/mol. The van der Waals surface area contributed by atoms with Crippen LogP contribution in [0.3, 0.4) is 0 Å². The molecule has 0 aliphatic carbocycles. The summed E-state index contributed by atoms with van der Waals surface area (Å²) in [6, 6.07) is 16.8. The van der Waals surface area contributed by atoms with Gasteiger partial charge in [0.25, 0.3) is 17.7 Å². The minimum atomic E-state index is -0.356. The van der Waals surface area contributed by atoms with Gasteiger partial charge in [-0.25, -0.2) is 0 Å². The van der Waals surface area contributed by atoms with Gasteiger partial charge in [-0.15, -0.1) is 17.9 Å². The summed E-state index contributed by atoms with van der Waals surface area (Å²) in [5.74, 6) is -0.853. The number of carbonyl (C=O) groups is 3. The zero-order valence-corrected chi connectivity index (χ0v) is 16.3. The fraction of sp³-hybridized carbons (Fsp3) is 0.0455. The lowest BCUT2D eigenvalue weighted by atomic mass is 10.1. The highest BCUT2D eigenvalue weighted by Gasteiger charge is 2.14. The SMILES string of the molecule is C=CCNC(=O)c1ccccc1NC(=O)c1ccc(NC(=O)c2cccs2)cc1. The van der Waals surface area contributed by atoms with Crippen molar-refractivity contribution < 1.29 is 14.4 Å². The average molecular weight is 405 g/mol. The number of nitrogens with one attached hydrogen (secondary N) is 3. The van der Waals surface area contributed by atoms with Gasteiger partial charge in [0.15, 0.2) is 0 Å². The van der Waals surface area contributed by atoms with Crippen LogP contribution >= 0.6 is 11.3 Å². The lowest BCUT2D eigenvalue weighted by Gasteiger charge is -2.11. The number of amides is 3. The lowest BCUT2D eigenvalue weighted by molar-refractivity contribution is 0.0958. The molecule has 0 bridgehead atoms. The molecule has 3 aromatic rings. The summed E-state index contributed by atoms with van der Waals surface area (Å²) in [6.07, 6.45) is 1.58. The predicted octanol–water partition coefficient (Wildman–Crippen LogP) is 4.17. The molecule has 29 heavy (non-hydrogen) atoms. The minimum Gasteiger partial charge on any atom is -0.349 e. The standard InChI is InChI=1S/C22H19N3O3S/c1-2-13-23-21(27)17-6-3-4-7-18(17)25-20(26)15-9-11-16(12-10-15)24-22(28)19-8-5-14-29-19/h2-12,14H,1,13H2,(H,23,27)(H,24,28)(H,25,26). The van der Waals surface area contributed by atoms with Gasteiger partial charge in [-0.05, 0) is 47.8 Å². The fourth-order valence-corrected chi connectivity index (χ4v) is 3.17. The van der Waals surface area contributed by atoms with Crippen LogP contribution in [0.5, 0.6) is 0 Å². The number of rotatable bonds is 7. The van der Waals surface area contributed by atoms with Crippen LogP contribution in [0.2, 0.25) is 0 Å². The van der Waals surface area contributed by atoms with E-state index in [0.29, 0.717) is 33.9 Å². The van der Waals surface area contributed by atoms with E-state index in [1.165, 1.54) is 11.3 Å². The number of benzene rings is 2. The van der Waals surface area contributed by atoms with Crippen molar-refractivity contribution in [2.45, 2.75) is 0 Å². The quantitative estimate of drug-likeness (QED) is 0.516. The van der Waals surface area contributed by atoms with Gasteiger partial charge >= 0.3 is 0 Å². The van der Waals surface area contributed by atoms with Crippen molar-refractivity contribution in [1.82, 2.24) is 5.32 Å². The van der Waals surface area contributed by atoms with Crippen molar-refractivity contribution in [3.63, 3.8) is 0 Å². The number of carbonyl (C=O) groups excluding carboxylic acids is 3. The van der Waals surface area contributed by atoms with Crippen LogP contribution in [0.15, 0.2) is 78.7 Å². The van der Waals surface area contributed by atoms with Crippen LogP contribution < -0.4 is 16.0 Å². The van der Waals surface area contributed by atoms with Crippen molar-refractivity contribution in [1.29, 1.82) is 0 Å². The molecule has 146 valence electrons. The first kappa shape index (κ1) is 20.0. The van der Waals surface area contributed by atoms with Crippen LogP contribution in [-0.2, 0) is 0 Å².